The summed E-state index contributed by atoms with van der Waals surface area (Å²) in [6.45, 7) is 1.87. The zero-order valence-electron chi connectivity index (χ0n) is 23.3. The number of nitrogens with zero attached hydrogens (tertiary/aromatic N) is 4. The molecule has 1 saturated carbocycles. The molecule has 234 valence electrons. The van der Waals surface area contributed by atoms with E-state index in [1.54, 1.807) is 43.3 Å². The van der Waals surface area contributed by atoms with Crippen molar-refractivity contribution < 1.29 is 48.3 Å². The van der Waals surface area contributed by atoms with Gasteiger partial charge in [-0.15, -0.1) is 0 Å². The van der Waals surface area contributed by atoms with Gasteiger partial charge in [-0.25, -0.2) is 23.8 Å². The zero-order valence-corrected chi connectivity index (χ0v) is 24.1. The van der Waals surface area contributed by atoms with Crippen LogP contribution in [0.3, 0.4) is 0 Å². The highest BCUT2D eigenvalue weighted by Gasteiger charge is 2.80. The van der Waals surface area contributed by atoms with Gasteiger partial charge in [0.2, 0.25) is 5.28 Å². The number of nitrogens with two attached hydrogens (primary N) is 1. The van der Waals surface area contributed by atoms with Crippen molar-refractivity contribution in [2.75, 3.05) is 12.3 Å². The maximum absolute atomic E-state index is 15.8. The average molecular weight is 642 g/mol. The van der Waals surface area contributed by atoms with Crippen LogP contribution in [0.25, 0.3) is 22.3 Å². The van der Waals surface area contributed by atoms with Crippen molar-refractivity contribution in [3.05, 3.63) is 71.3 Å². The Morgan fingerprint density at radius 3 is 2.44 bits per heavy atom. The van der Waals surface area contributed by atoms with E-state index in [0.29, 0.717) is 16.7 Å². The highest BCUT2D eigenvalue weighted by atomic mass is 35.5. The number of carboxylic acids is 2. The third kappa shape index (κ3) is 4.84. The first-order chi connectivity index (χ1) is 21.4. The number of aliphatic carboxylic acids is 2. The first-order valence-electron chi connectivity index (χ1n) is 13.6. The highest BCUT2D eigenvalue weighted by Crippen LogP contribution is 2.58. The molecular formula is C29H25ClFN5O9. The smallest absolute Gasteiger partial charge is 0.348 e. The van der Waals surface area contributed by atoms with Crippen molar-refractivity contribution in [1.82, 2.24) is 19.5 Å². The van der Waals surface area contributed by atoms with E-state index >= 15 is 4.39 Å². The van der Waals surface area contributed by atoms with Crippen LogP contribution >= 0.6 is 11.6 Å². The van der Waals surface area contributed by atoms with Crippen LogP contribution in [0.15, 0.2) is 54.9 Å². The molecule has 1 unspecified atom stereocenters. The number of benzene rings is 2. The van der Waals surface area contributed by atoms with Crippen LogP contribution in [0.4, 0.5) is 10.2 Å². The van der Waals surface area contributed by atoms with Crippen LogP contribution in [-0.2, 0) is 30.2 Å². The van der Waals surface area contributed by atoms with Crippen molar-refractivity contribution in [3.63, 3.8) is 0 Å². The van der Waals surface area contributed by atoms with Gasteiger partial charge in [0.15, 0.2) is 29.5 Å². The Labute approximate surface area is 258 Å². The van der Waals surface area contributed by atoms with E-state index in [-0.39, 0.29) is 34.4 Å². The van der Waals surface area contributed by atoms with Gasteiger partial charge in [-0.05, 0) is 41.3 Å². The number of carbonyl (C=O) groups excluding carboxylic acids is 1. The van der Waals surface area contributed by atoms with Crippen molar-refractivity contribution >= 4 is 46.5 Å². The van der Waals surface area contributed by atoms with Crippen molar-refractivity contribution in [2.45, 2.75) is 49.2 Å². The molecular weight excluding hydrogens is 617 g/mol. The molecule has 0 spiro atoms. The van der Waals surface area contributed by atoms with E-state index in [4.69, 9.17) is 31.5 Å². The number of hydrogen-bond donors (Lipinski definition) is 4. The molecule has 1 aliphatic carbocycles. The van der Waals surface area contributed by atoms with Crippen LogP contribution in [0.1, 0.15) is 29.1 Å². The maximum atomic E-state index is 15.8. The van der Waals surface area contributed by atoms with E-state index in [9.17, 15) is 29.7 Å². The molecule has 2 aliphatic rings. The second-order valence-electron chi connectivity index (χ2n) is 10.6. The number of esters is 1. The lowest BCUT2D eigenvalue weighted by Gasteiger charge is -2.29. The molecule has 0 radical (unpaired) electrons. The number of imidazole rings is 1. The van der Waals surface area contributed by atoms with Gasteiger partial charge < -0.3 is 35.3 Å². The fourth-order valence-electron chi connectivity index (χ4n) is 5.55. The molecule has 2 aromatic carbocycles. The molecule has 1 aliphatic heterocycles. The molecule has 5 N–H and O–H groups in total. The Kier molecular flexibility index (Phi) is 7.43. The summed E-state index contributed by atoms with van der Waals surface area (Å²) in [5.74, 6) is -4.32. The highest BCUT2D eigenvalue weighted by molar-refractivity contribution is 6.28. The number of aromatic nitrogens is 4. The van der Waals surface area contributed by atoms with E-state index in [2.05, 4.69) is 15.0 Å². The predicted molar refractivity (Wildman–Crippen MR) is 153 cm³/mol. The zero-order chi connectivity index (χ0) is 32.3. The van der Waals surface area contributed by atoms with Crippen LogP contribution in [0, 0.1) is 0 Å². The van der Waals surface area contributed by atoms with Gasteiger partial charge in [0.25, 0.3) is 5.60 Å². The Morgan fingerprint density at radius 2 is 1.82 bits per heavy atom. The van der Waals surface area contributed by atoms with E-state index < -0.39 is 60.1 Å². The van der Waals surface area contributed by atoms with Gasteiger partial charge in [-0.1, -0.05) is 42.5 Å². The summed E-state index contributed by atoms with van der Waals surface area (Å²) >= 11 is 5.88. The number of carboxylic acid groups (broad SMARTS) is 2. The SMILES string of the molecule is CCOC(=O)c1ccccc1-c1ccc(CC(OC2[C@H]3O[C@@H](n4cnc5c(N)nc(Cl)nc54)[C@@H](F)[C@@]23O)(C(=O)O)C(=O)O)cc1. The molecule has 2 aromatic heterocycles. The number of halogens is 2. The maximum Gasteiger partial charge on any atom is 0.348 e. The summed E-state index contributed by atoms with van der Waals surface area (Å²) in [6, 6.07) is 12.9. The third-order valence-electron chi connectivity index (χ3n) is 7.91. The van der Waals surface area contributed by atoms with Gasteiger partial charge >= 0.3 is 17.9 Å². The minimum absolute atomic E-state index is 0.0289. The lowest BCUT2D eigenvalue weighted by molar-refractivity contribution is -0.194. The Hall–Kier alpha value is -4.70. The topological polar surface area (TPSA) is 209 Å². The molecule has 16 heteroatoms. The Bertz CT molecular complexity index is 1820. The summed E-state index contributed by atoms with van der Waals surface area (Å²) in [5.41, 5.74) is 2.35. The number of ether oxygens (including phenoxy) is 3. The minimum atomic E-state index is -2.91. The van der Waals surface area contributed by atoms with E-state index in [0.717, 1.165) is 4.57 Å². The fourth-order valence-corrected chi connectivity index (χ4v) is 5.72. The number of carbonyl (C=O) groups is 3. The summed E-state index contributed by atoms with van der Waals surface area (Å²) in [5, 5.41) is 31.1. The van der Waals surface area contributed by atoms with Crippen LogP contribution in [-0.4, -0.2) is 88.9 Å². The van der Waals surface area contributed by atoms with Crippen molar-refractivity contribution in [3.8, 4) is 11.1 Å². The molecule has 6 rings (SSSR count). The van der Waals surface area contributed by atoms with Gasteiger partial charge in [0.05, 0.1) is 18.5 Å². The first-order valence-corrected chi connectivity index (χ1v) is 14.0. The normalized spacial score (nSPS) is 23.9. The van der Waals surface area contributed by atoms with Crippen LogP contribution in [0.2, 0.25) is 5.28 Å². The number of anilines is 1. The van der Waals surface area contributed by atoms with Crippen molar-refractivity contribution in [1.29, 1.82) is 0 Å². The van der Waals surface area contributed by atoms with E-state index in [1.807, 2.05) is 0 Å². The van der Waals surface area contributed by atoms with Gasteiger partial charge in [0.1, 0.15) is 17.7 Å². The second-order valence-corrected chi connectivity index (χ2v) is 10.9. The lowest BCUT2D eigenvalue weighted by Crippen LogP contribution is -2.53. The molecule has 5 atom stereocenters. The van der Waals surface area contributed by atoms with E-state index in [1.165, 1.54) is 18.5 Å². The largest absolute Gasteiger partial charge is 0.479 e. The molecule has 4 aromatic rings. The molecule has 14 nitrogen and oxygen atoms in total. The fraction of sp³-hybridized carbons (Fsp3) is 0.310. The van der Waals surface area contributed by atoms with Crippen LogP contribution < -0.4 is 5.73 Å². The number of nitrogen functional groups attached to an aromatic ring is 1. The molecule has 2 fully saturated rings. The molecule has 0 bridgehead atoms. The Morgan fingerprint density at radius 1 is 1.13 bits per heavy atom. The number of aliphatic hydroxyl groups is 1. The average Bonchev–Trinajstić information content (AvgIpc) is 3.24. The quantitative estimate of drug-likeness (QED) is 0.111. The molecule has 0 amide bonds. The van der Waals surface area contributed by atoms with Crippen molar-refractivity contribution in [2.24, 2.45) is 0 Å². The lowest BCUT2D eigenvalue weighted by atomic mass is 9.92. The molecule has 1 saturated heterocycles. The summed E-state index contributed by atoms with van der Waals surface area (Å²) in [6.07, 6.45) is -6.25. The summed E-state index contributed by atoms with van der Waals surface area (Å²) < 4.78 is 33.2. The monoisotopic (exact) mass is 641 g/mol. The third-order valence-corrected chi connectivity index (χ3v) is 8.08. The standard InChI is InChI=1S/C29H25ClFN5O9/c1-2-43-24(37)16-6-4-3-5-15(16)14-9-7-13(8-10-14)11-28(25(38)39,26(40)41)45-20-19-29(20,42)18(31)23(44-19)36-12-33-17-21(32)34-27(30)35-22(17)36/h3-10,12,18-20,23,42H,2,11H2,1H3,(H,38,39)(H,40,41)(H2,32,34,35)/t18-,19-,20?,23-,29+/m1/s1. The number of fused-ring (bicyclic) bond motifs is 2. The Balaban J connectivity index is 1.23. The molecule has 3 heterocycles. The molecule has 45 heavy (non-hydrogen) atoms. The first kappa shape index (κ1) is 30.3. The summed E-state index contributed by atoms with van der Waals surface area (Å²) in [4.78, 5) is 49.1. The number of hydrogen-bond acceptors (Lipinski definition) is 11. The predicted octanol–water partition coefficient (Wildman–Crippen LogP) is 2.42. The number of alkyl halides is 1. The van der Waals surface area contributed by atoms with Gasteiger partial charge in [-0.2, -0.15) is 9.97 Å². The van der Waals surface area contributed by atoms with Gasteiger partial charge in [-0.3, -0.25) is 4.57 Å². The van der Waals surface area contributed by atoms with Crippen LogP contribution in [0.5, 0.6) is 0 Å². The van der Waals surface area contributed by atoms with Gasteiger partial charge in [0, 0.05) is 6.42 Å². The second kappa shape index (κ2) is 11.0. The summed E-state index contributed by atoms with van der Waals surface area (Å²) in [7, 11) is 0. The minimum Gasteiger partial charge on any atom is -0.479 e. The number of rotatable bonds is 10.